The van der Waals surface area contributed by atoms with Gasteiger partial charge >= 0.3 is 0 Å². The summed E-state index contributed by atoms with van der Waals surface area (Å²) in [4.78, 5) is 0. The lowest BCUT2D eigenvalue weighted by Gasteiger charge is -1.87. The molecular formula is C4H4I2N2. The maximum Gasteiger partial charge on any atom is 0.112 e. The molecule has 8 heavy (non-hydrogen) atoms. The van der Waals surface area contributed by atoms with Gasteiger partial charge in [0.25, 0.3) is 0 Å². The Morgan fingerprint density at radius 3 is 2.38 bits per heavy atom. The van der Waals surface area contributed by atoms with Crippen molar-refractivity contribution in [1.29, 1.82) is 0 Å². The van der Waals surface area contributed by atoms with Gasteiger partial charge in [-0.3, -0.25) is 4.68 Å². The smallest absolute Gasteiger partial charge is 0.112 e. The summed E-state index contributed by atoms with van der Waals surface area (Å²) in [5, 5.41) is 4.02. The molecule has 0 aliphatic heterocycles. The molecule has 0 aromatic carbocycles. The van der Waals surface area contributed by atoms with Gasteiger partial charge in [-0.25, -0.2) is 0 Å². The summed E-state index contributed by atoms with van der Waals surface area (Å²) in [6.45, 7) is 0. The van der Waals surface area contributed by atoms with Gasteiger partial charge in [0.1, 0.15) is 3.70 Å². The molecule has 1 aromatic rings. The highest BCUT2D eigenvalue weighted by molar-refractivity contribution is 14.1. The Labute approximate surface area is 74.9 Å². The van der Waals surface area contributed by atoms with Gasteiger partial charge < -0.3 is 0 Å². The molecule has 0 saturated heterocycles. The highest BCUT2D eigenvalue weighted by atomic mass is 127. The molecule has 0 unspecified atom stereocenters. The summed E-state index contributed by atoms with van der Waals surface area (Å²) >= 11 is 4.51. The molecule has 2 nitrogen and oxygen atoms in total. The normalized spacial score (nSPS) is 9.88. The molecule has 0 saturated carbocycles. The van der Waals surface area contributed by atoms with Crippen LogP contribution in [0, 0.1) is 7.27 Å². The predicted octanol–water partition coefficient (Wildman–Crippen LogP) is 1.63. The topological polar surface area (TPSA) is 17.8 Å². The fourth-order valence-electron chi connectivity index (χ4n) is 0.396. The van der Waals surface area contributed by atoms with E-state index >= 15 is 0 Å². The highest BCUT2D eigenvalue weighted by Crippen LogP contribution is 2.11. The SMILES string of the molecule is Cn1ncc(I)c1I. The maximum absolute atomic E-state index is 4.02. The Balaban J connectivity index is 3.19. The first-order valence-corrected chi connectivity index (χ1v) is 4.20. The minimum atomic E-state index is 1.20. The van der Waals surface area contributed by atoms with Gasteiger partial charge in [-0.15, -0.1) is 0 Å². The molecule has 0 spiro atoms. The summed E-state index contributed by atoms with van der Waals surface area (Å²) < 4.78 is 4.26. The first-order chi connectivity index (χ1) is 3.72. The number of hydrogen-bond donors (Lipinski definition) is 0. The predicted molar refractivity (Wildman–Crippen MR) is 48.6 cm³/mol. The number of aromatic nitrogens is 2. The van der Waals surface area contributed by atoms with Crippen molar-refractivity contribution in [2.24, 2.45) is 7.05 Å². The second-order valence-corrected chi connectivity index (χ2v) is 3.59. The molecule has 0 radical (unpaired) electrons. The Hall–Kier alpha value is 0.670. The second-order valence-electron chi connectivity index (χ2n) is 1.41. The molecule has 1 aromatic heterocycles. The minimum absolute atomic E-state index is 1.20. The molecule has 0 aliphatic rings. The fourth-order valence-corrected chi connectivity index (χ4v) is 1.13. The number of rotatable bonds is 0. The number of aryl methyl sites for hydroxylation is 1. The zero-order valence-electron chi connectivity index (χ0n) is 4.23. The minimum Gasteiger partial charge on any atom is -0.261 e. The molecule has 0 atom stereocenters. The van der Waals surface area contributed by atoms with Gasteiger partial charge in [0.05, 0.1) is 9.77 Å². The van der Waals surface area contributed by atoms with E-state index in [-0.39, 0.29) is 0 Å². The molecule has 1 rings (SSSR count). The van der Waals surface area contributed by atoms with Gasteiger partial charge in [0.2, 0.25) is 0 Å². The van der Waals surface area contributed by atoms with Crippen LogP contribution in [0.5, 0.6) is 0 Å². The number of halogens is 2. The van der Waals surface area contributed by atoms with E-state index in [1.165, 1.54) is 7.27 Å². The summed E-state index contributed by atoms with van der Waals surface area (Å²) in [6, 6.07) is 0. The molecular weight excluding hydrogens is 330 g/mol. The first kappa shape index (κ1) is 6.79. The monoisotopic (exact) mass is 334 g/mol. The van der Waals surface area contributed by atoms with Gasteiger partial charge in [0.15, 0.2) is 0 Å². The van der Waals surface area contributed by atoms with Crippen LogP contribution in [0.4, 0.5) is 0 Å². The summed E-state index contributed by atoms with van der Waals surface area (Å²) in [6.07, 6.45) is 1.85. The van der Waals surface area contributed by atoms with Gasteiger partial charge in [-0.05, 0) is 45.2 Å². The van der Waals surface area contributed by atoms with Crippen LogP contribution in [0.2, 0.25) is 0 Å². The summed E-state index contributed by atoms with van der Waals surface area (Å²) in [5.41, 5.74) is 0. The molecule has 0 bridgehead atoms. The summed E-state index contributed by atoms with van der Waals surface area (Å²) in [5.74, 6) is 0. The second kappa shape index (κ2) is 2.51. The average molecular weight is 334 g/mol. The zero-order valence-corrected chi connectivity index (χ0v) is 8.54. The molecule has 1 heterocycles. The van der Waals surface area contributed by atoms with Crippen LogP contribution >= 0.6 is 45.2 Å². The van der Waals surface area contributed by atoms with Gasteiger partial charge in [-0.2, -0.15) is 5.10 Å². The Morgan fingerprint density at radius 2 is 2.25 bits per heavy atom. The highest BCUT2D eigenvalue weighted by Gasteiger charge is 1.97. The van der Waals surface area contributed by atoms with Crippen LogP contribution in [0.3, 0.4) is 0 Å². The van der Waals surface area contributed by atoms with E-state index in [4.69, 9.17) is 0 Å². The van der Waals surface area contributed by atoms with E-state index in [0.717, 1.165) is 0 Å². The van der Waals surface area contributed by atoms with Crippen molar-refractivity contribution in [2.75, 3.05) is 0 Å². The third-order valence-electron chi connectivity index (χ3n) is 0.825. The standard InChI is InChI=1S/C4H4I2N2/c1-8-4(6)3(5)2-7-8/h2H,1H3. The van der Waals surface area contributed by atoms with Crippen LogP contribution in [0.1, 0.15) is 0 Å². The number of nitrogens with zero attached hydrogens (tertiary/aromatic N) is 2. The van der Waals surface area contributed by atoms with Crippen molar-refractivity contribution >= 4 is 45.2 Å². The van der Waals surface area contributed by atoms with E-state index in [1.54, 1.807) is 0 Å². The Bertz CT molecular complexity index is 174. The average Bonchev–Trinajstić information content (AvgIpc) is 1.98. The lowest BCUT2D eigenvalue weighted by molar-refractivity contribution is 0.747. The van der Waals surface area contributed by atoms with Crippen molar-refractivity contribution in [3.8, 4) is 0 Å². The molecule has 0 aliphatic carbocycles. The molecule has 0 fully saturated rings. The number of hydrogen-bond acceptors (Lipinski definition) is 1. The van der Waals surface area contributed by atoms with Crippen LogP contribution in [0.25, 0.3) is 0 Å². The van der Waals surface area contributed by atoms with Crippen molar-refractivity contribution in [3.05, 3.63) is 13.5 Å². The largest absolute Gasteiger partial charge is 0.261 e. The van der Waals surface area contributed by atoms with Crippen LogP contribution in [0.15, 0.2) is 6.20 Å². The molecule has 4 heteroatoms. The third-order valence-corrected chi connectivity index (χ3v) is 3.93. The van der Waals surface area contributed by atoms with E-state index in [0.29, 0.717) is 0 Å². The van der Waals surface area contributed by atoms with Gasteiger partial charge in [-0.1, -0.05) is 0 Å². The lowest BCUT2D eigenvalue weighted by atomic mass is 10.8. The van der Waals surface area contributed by atoms with Crippen molar-refractivity contribution in [3.63, 3.8) is 0 Å². The maximum atomic E-state index is 4.02. The van der Waals surface area contributed by atoms with Crippen molar-refractivity contribution < 1.29 is 0 Å². The first-order valence-electron chi connectivity index (χ1n) is 2.05. The quantitative estimate of drug-likeness (QED) is 0.660. The van der Waals surface area contributed by atoms with Crippen LogP contribution in [-0.2, 0) is 7.05 Å². The summed E-state index contributed by atoms with van der Waals surface area (Å²) in [7, 11) is 1.93. The van der Waals surface area contributed by atoms with E-state index < -0.39 is 0 Å². The van der Waals surface area contributed by atoms with E-state index in [1.807, 2.05) is 17.9 Å². The van der Waals surface area contributed by atoms with Crippen molar-refractivity contribution in [1.82, 2.24) is 9.78 Å². The van der Waals surface area contributed by atoms with E-state index in [9.17, 15) is 0 Å². The molecule has 0 amide bonds. The van der Waals surface area contributed by atoms with E-state index in [2.05, 4.69) is 50.3 Å². The Kier molecular flexibility index (Phi) is 2.13. The molecule has 0 N–H and O–H groups in total. The lowest BCUT2D eigenvalue weighted by Crippen LogP contribution is -1.91. The molecule has 44 valence electrons. The van der Waals surface area contributed by atoms with Crippen LogP contribution < -0.4 is 0 Å². The zero-order chi connectivity index (χ0) is 6.15. The Morgan fingerprint density at radius 1 is 1.62 bits per heavy atom. The van der Waals surface area contributed by atoms with Gasteiger partial charge in [0, 0.05) is 7.05 Å². The third kappa shape index (κ3) is 1.15. The fraction of sp³-hybridized carbons (Fsp3) is 0.250. The van der Waals surface area contributed by atoms with Crippen molar-refractivity contribution in [2.45, 2.75) is 0 Å². The van der Waals surface area contributed by atoms with Crippen LogP contribution in [-0.4, -0.2) is 9.78 Å².